The van der Waals surface area contributed by atoms with Crippen molar-refractivity contribution in [2.75, 3.05) is 9.80 Å². The molecule has 0 saturated carbocycles. The van der Waals surface area contributed by atoms with Crippen LogP contribution in [0.3, 0.4) is 0 Å². The van der Waals surface area contributed by atoms with Gasteiger partial charge in [-0.2, -0.15) is 4.90 Å². The summed E-state index contributed by atoms with van der Waals surface area (Å²) in [4.78, 5) is 8.04. The maximum atomic E-state index is 15.2. The number of hydrogen-bond donors (Lipinski definition) is 0. The second-order valence-corrected chi connectivity index (χ2v) is 13.6. The van der Waals surface area contributed by atoms with Gasteiger partial charge in [-0.1, -0.05) is 115 Å². The van der Waals surface area contributed by atoms with Gasteiger partial charge in [0.25, 0.3) is 5.82 Å². The number of aromatic nitrogens is 1. The Bertz CT molecular complexity index is 1970. The monoisotopic (exact) mass is 614 g/mol. The van der Waals surface area contributed by atoms with Gasteiger partial charge < -0.3 is 9.46 Å². The SMILES string of the molecule is O=P(c1ccccc1)(c1ccccc1)c1cccc(N(c2ccccc2)c2ccc(N(c3ccccc3)c3ccccc3)cc2)[nH+]1. The molecule has 222 valence electrons. The minimum absolute atomic E-state index is 0.666. The Morgan fingerprint density at radius 1 is 0.348 bits per heavy atom. The maximum Gasteiger partial charge on any atom is 0.285 e. The van der Waals surface area contributed by atoms with Crippen molar-refractivity contribution in [2.24, 2.45) is 0 Å². The number of nitrogens with zero attached hydrogens (tertiary/aromatic N) is 2. The highest BCUT2D eigenvalue weighted by Gasteiger charge is 2.34. The van der Waals surface area contributed by atoms with Crippen LogP contribution in [0.1, 0.15) is 0 Å². The minimum atomic E-state index is -3.20. The van der Waals surface area contributed by atoms with Gasteiger partial charge in [-0.15, -0.1) is 0 Å². The first kappa shape index (κ1) is 29.0. The lowest BCUT2D eigenvalue weighted by atomic mass is 10.1. The van der Waals surface area contributed by atoms with Crippen LogP contribution in [0.4, 0.5) is 34.3 Å². The molecule has 0 aliphatic carbocycles. The molecule has 0 aliphatic rings. The molecule has 0 bridgehead atoms. The van der Waals surface area contributed by atoms with Gasteiger partial charge >= 0.3 is 0 Å². The van der Waals surface area contributed by atoms with Crippen molar-refractivity contribution in [1.82, 2.24) is 0 Å². The first-order valence-corrected chi connectivity index (χ1v) is 17.0. The van der Waals surface area contributed by atoms with Crippen molar-refractivity contribution in [2.45, 2.75) is 0 Å². The average Bonchev–Trinajstić information content (AvgIpc) is 3.14. The van der Waals surface area contributed by atoms with Crippen LogP contribution in [0.25, 0.3) is 0 Å². The summed E-state index contributed by atoms with van der Waals surface area (Å²) in [7, 11) is -3.20. The standard InChI is InChI=1S/C41H32N3OP/c45-46(38-23-12-4-13-24-38,39-25-14-5-15-26-39)41-28-16-27-40(42-41)44(35-21-10-3-11-22-35)37-31-29-36(30-32-37)43(33-17-6-1-7-18-33)34-19-8-2-9-20-34/h1-32H/p+1. The Balaban J connectivity index is 1.34. The molecule has 0 radical (unpaired) electrons. The Morgan fingerprint density at radius 2 is 0.696 bits per heavy atom. The summed E-state index contributed by atoms with van der Waals surface area (Å²) in [5.74, 6) is 0.812. The molecule has 7 rings (SSSR count). The summed E-state index contributed by atoms with van der Waals surface area (Å²) in [5, 5.41) is 1.57. The number of benzene rings is 6. The van der Waals surface area contributed by atoms with E-state index in [9.17, 15) is 0 Å². The van der Waals surface area contributed by atoms with E-state index in [-0.39, 0.29) is 0 Å². The fourth-order valence-corrected chi connectivity index (χ4v) is 8.43. The fraction of sp³-hybridized carbons (Fsp3) is 0. The summed E-state index contributed by atoms with van der Waals surface area (Å²) in [6.45, 7) is 0. The third-order valence-electron chi connectivity index (χ3n) is 7.99. The average molecular weight is 615 g/mol. The van der Waals surface area contributed by atoms with E-state index in [0.29, 0.717) is 5.44 Å². The zero-order chi connectivity index (χ0) is 31.2. The molecule has 0 spiro atoms. The quantitative estimate of drug-likeness (QED) is 0.152. The zero-order valence-corrected chi connectivity index (χ0v) is 26.1. The summed E-state index contributed by atoms with van der Waals surface area (Å²) in [6.07, 6.45) is 0. The molecule has 0 amide bonds. The van der Waals surface area contributed by atoms with E-state index in [1.54, 1.807) is 0 Å². The van der Waals surface area contributed by atoms with Gasteiger partial charge in [0.2, 0.25) is 7.14 Å². The van der Waals surface area contributed by atoms with Crippen LogP contribution < -0.4 is 30.8 Å². The Kier molecular flexibility index (Phi) is 8.28. The Hall–Kier alpha value is -5.70. The number of aromatic amines is 1. The van der Waals surface area contributed by atoms with Crippen molar-refractivity contribution in [1.29, 1.82) is 0 Å². The number of nitrogens with one attached hydrogen (secondary N) is 1. The maximum absolute atomic E-state index is 15.2. The lowest BCUT2D eigenvalue weighted by Gasteiger charge is -2.26. The van der Waals surface area contributed by atoms with Crippen molar-refractivity contribution in [3.63, 3.8) is 0 Å². The lowest BCUT2D eigenvalue weighted by Crippen LogP contribution is -2.38. The van der Waals surface area contributed by atoms with Crippen LogP contribution in [-0.2, 0) is 4.57 Å². The van der Waals surface area contributed by atoms with E-state index >= 15 is 4.57 Å². The second kappa shape index (κ2) is 13.1. The minimum Gasteiger partial charge on any atom is -0.311 e. The number of hydrogen-bond acceptors (Lipinski definition) is 3. The predicted molar refractivity (Wildman–Crippen MR) is 192 cm³/mol. The van der Waals surface area contributed by atoms with Crippen LogP contribution in [0, 0.1) is 0 Å². The van der Waals surface area contributed by atoms with Gasteiger partial charge in [-0.25, -0.2) is 4.98 Å². The predicted octanol–water partition coefficient (Wildman–Crippen LogP) is 9.08. The van der Waals surface area contributed by atoms with E-state index in [1.165, 1.54) is 0 Å². The van der Waals surface area contributed by atoms with Gasteiger partial charge in [0.1, 0.15) is 11.4 Å². The second-order valence-electron chi connectivity index (χ2n) is 10.9. The summed E-state index contributed by atoms with van der Waals surface area (Å²) in [5.41, 5.74) is 5.84. The molecule has 0 unspecified atom stereocenters. The lowest BCUT2D eigenvalue weighted by molar-refractivity contribution is -0.340. The van der Waals surface area contributed by atoms with Crippen LogP contribution in [0.5, 0.6) is 0 Å². The third-order valence-corrected chi connectivity index (χ3v) is 11.0. The highest BCUT2D eigenvalue weighted by atomic mass is 31.2. The summed E-state index contributed by atoms with van der Waals surface area (Å²) >= 11 is 0. The molecule has 7 aromatic rings. The molecule has 6 aromatic carbocycles. The van der Waals surface area contributed by atoms with Crippen molar-refractivity contribution in [3.05, 3.63) is 194 Å². The Labute approximate surface area is 270 Å². The number of rotatable bonds is 9. The van der Waals surface area contributed by atoms with Crippen LogP contribution >= 0.6 is 7.14 Å². The smallest absolute Gasteiger partial charge is 0.285 e. The van der Waals surface area contributed by atoms with E-state index in [1.807, 2.05) is 109 Å². The van der Waals surface area contributed by atoms with E-state index < -0.39 is 7.14 Å². The first-order chi connectivity index (χ1) is 22.7. The van der Waals surface area contributed by atoms with Gasteiger partial charge in [0, 0.05) is 33.7 Å². The molecular formula is C41H33N3OP+. The zero-order valence-electron chi connectivity index (χ0n) is 25.2. The molecule has 5 heteroatoms. The van der Waals surface area contributed by atoms with Gasteiger partial charge in [0.05, 0.1) is 0 Å². The molecule has 0 fully saturated rings. The number of anilines is 6. The molecule has 1 N–H and O–H groups in total. The highest BCUT2D eigenvalue weighted by molar-refractivity contribution is 7.84. The van der Waals surface area contributed by atoms with Crippen LogP contribution in [-0.4, -0.2) is 0 Å². The van der Waals surface area contributed by atoms with E-state index in [0.717, 1.165) is 44.9 Å². The normalized spacial score (nSPS) is 11.1. The Morgan fingerprint density at radius 3 is 1.13 bits per heavy atom. The van der Waals surface area contributed by atoms with Crippen LogP contribution in [0.2, 0.25) is 0 Å². The molecule has 4 nitrogen and oxygen atoms in total. The first-order valence-electron chi connectivity index (χ1n) is 15.3. The molecule has 46 heavy (non-hydrogen) atoms. The summed E-state index contributed by atoms with van der Waals surface area (Å²) < 4.78 is 15.2. The topological polar surface area (TPSA) is 37.7 Å². The fourth-order valence-electron chi connectivity index (χ4n) is 5.82. The van der Waals surface area contributed by atoms with E-state index in [4.69, 9.17) is 0 Å². The van der Waals surface area contributed by atoms with E-state index in [2.05, 4.69) is 99.7 Å². The number of pyridine rings is 1. The van der Waals surface area contributed by atoms with Crippen molar-refractivity contribution in [3.8, 4) is 0 Å². The van der Waals surface area contributed by atoms with Gasteiger partial charge in [-0.3, -0.25) is 0 Å². The number of H-pyrrole nitrogens is 1. The van der Waals surface area contributed by atoms with Crippen molar-refractivity contribution < 1.29 is 9.55 Å². The van der Waals surface area contributed by atoms with Crippen molar-refractivity contribution >= 4 is 57.4 Å². The number of para-hydroxylation sites is 3. The molecule has 1 heterocycles. The molecule has 0 aliphatic heterocycles. The van der Waals surface area contributed by atoms with Crippen LogP contribution in [0.15, 0.2) is 194 Å². The third kappa shape index (κ3) is 5.75. The summed E-state index contributed by atoms with van der Waals surface area (Å²) in [6, 6.07) is 65.1. The molecule has 1 aromatic heterocycles. The van der Waals surface area contributed by atoms with Gasteiger partial charge in [-0.05, 0) is 72.8 Å². The molecular weight excluding hydrogens is 581 g/mol. The highest BCUT2D eigenvalue weighted by Crippen LogP contribution is 2.42. The largest absolute Gasteiger partial charge is 0.311 e. The molecule has 0 saturated heterocycles. The van der Waals surface area contributed by atoms with Gasteiger partial charge in [0.15, 0.2) is 5.44 Å². The molecule has 0 atom stereocenters.